The van der Waals surface area contributed by atoms with Crippen molar-refractivity contribution in [3.05, 3.63) is 66.4 Å². The number of rotatable bonds is 4. The highest BCUT2D eigenvalue weighted by Gasteiger charge is 2.04. The zero-order valence-electron chi connectivity index (χ0n) is 12.4. The van der Waals surface area contributed by atoms with Gasteiger partial charge in [-0.3, -0.25) is 9.98 Å². The van der Waals surface area contributed by atoms with E-state index in [1.807, 2.05) is 36.4 Å². The van der Waals surface area contributed by atoms with E-state index in [-0.39, 0.29) is 0 Å². The molecule has 2 heterocycles. The molecule has 0 radical (unpaired) electrons. The summed E-state index contributed by atoms with van der Waals surface area (Å²) in [5.74, 6) is 0.443. The van der Waals surface area contributed by atoms with Gasteiger partial charge in [0.25, 0.3) is 0 Å². The number of pyridine rings is 1. The van der Waals surface area contributed by atoms with Crippen LogP contribution in [0.4, 0.5) is 5.82 Å². The van der Waals surface area contributed by atoms with Gasteiger partial charge in [0.1, 0.15) is 12.1 Å². The molecule has 2 aromatic heterocycles. The van der Waals surface area contributed by atoms with Crippen LogP contribution < -0.4 is 11.5 Å². The van der Waals surface area contributed by atoms with Crippen molar-refractivity contribution in [3.8, 4) is 0 Å². The molecule has 0 unspecified atom stereocenters. The summed E-state index contributed by atoms with van der Waals surface area (Å²) in [7, 11) is 0. The Morgan fingerprint density at radius 1 is 1.13 bits per heavy atom. The van der Waals surface area contributed by atoms with Crippen molar-refractivity contribution in [1.29, 1.82) is 0 Å². The highest BCUT2D eigenvalue weighted by molar-refractivity contribution is 6.10. The number of fused-ring (bicyclic) bond motifs is 1. The summed E-state index contributed by atoms with van der Waals surface area (Å²) in [5.41, 5.74) is 15.0. The molecule has 0 atom stereocenters. The number of benzene rings is 1. The lowest BCUT2D eigenvalue weighted by atomic mass is 10.1. The second kappa shape index (κ2) is 6.65. The predicted octanol–water partition coefficient (Wildman–Crippen LogP) is 2.18. The van der Waals surface area contributed by atoms with Crippen LogP contribution in [0.25, 0.3) is 16.5 Å². The van der Waals surface area contributed by atoms with Crippen molar-refractivity contribution in [2.45, 2.75) is 6.54 Å². The van der Waals surface area contributed by atoms with E-state index in [9.17, 15) is 0 Å². The number of hydrogen-bond acceptors (Lipinski definition) is 6. The van der Waals surface area contributed by atoms with E-state index in [2.05, 4.69) is 19.9 Å². The first-order chi connectivity index (χ1) is 11.3. The molecule has 0 fully saturated rings. The van der Waals surface area contributed by atoms with Crippen molar-refractivity contribution in [2.75, 3.05) is 5.73 Å². The van der Waals surface area contributed by atoms with Gasteiger partial charge in [0.15, 0.2) is 0 Å². The van der Waals surface area contributed by atoms with E-state index in [1.54, 1.807) is 12.4 Å². The van der Waals surface area contributed by atoms with E-state index in [1.165, 1.54) is 12.5 Å². The van der Waals surface area contributed by atoms with E-state index >= 15 is 0 Å². The van der Waals surface area contributed by atoms with Crippen molar-refractivity contribution in [1.82, 2.24) is 15.0 Å². The summed E-state index contributed by atoms with van der Waals surface area (Å²) < 4.78 is 0. The van der Waals surface area contributed by atoms with Gasteiger partial charge in [-0.05, 0) is 29.8 Å². The van der Waals surface area contributed by atoms with Crippen molar-refractivity contribution >= 4 is 28.5 Å². The first kappa shape index (κ1) is 14.6. The molecule has 0 aliphatic heterocycles. The number of nitrogens with two attached hydrogens (primary N) is 2. The second-order valence-corrected chi connectivity index (χ2v) is 4.90. The maximum atomic E-state index is 5.90. The van der Waals surface area contributed by atoms with Crippen LogP contribution in [0.5, 0.6) is 0 Å². The highest BCUT2D eigenvalue weighted by Crippen LogP contribution is 2.21. The van der Waals surface area contributed by atoms with E-state index in [4.69, 9.17) is 11.5 Å². The normalized spacial score (nSPS) is 12.1. The van der Waals surface area contributed by atoms with Crippen LogP contribution in [-0.4, -0.2) is 21.2 Å². The van der Waals surface area contributed by atoms with Gasteiger partial charge in [0, 0.05) is 29.6 Å². The van der Waals surface area contributed by atoms with Gasteiger partial charge >= 0.3 is 0 Å². The Morgan fingerprint density at radius 2 is 2.04 bits per heavy atom. The van der Waals surface area contributed by atoms with Crippen molar-refractivity contribution < 1.29 is 0 Å². The van der Waals surface area contributed by atoms with Gasteiger partial charge in [-0.2, -0.15) is 0 Å². The molecule has 0 bridgehead atoms. The van der Waals surface area contributed by atoms with Crippen LogP contribution in [0.15, 0.2) is 60.1 Å². The molecule has 1 aromatic carbocycles. The van der Waals surface area contributed by atoms with Crippen LogP contribution in [0, 0.1) is 0 Å². The Kier molecular flexibility index (Phi) is 4.24. The quantitative estimate of drug-likeness (QED) is 0.719. The maximum Gasteiger partial charge on any atom is 0.134 e. The van der Waals surface area contributed by atoms with Gasteiger partial charge in [-0.1, -0.05) is 12.1 Å². The predicted molar refractivity (Wildman–Crippen MR) is 92.5 cm³/mol. The van der Waals surface area contributed by atoms with Gasteiger partial charge < -0.3 is 11.5 Å². The molecule has 0 aliphatic rings. The van der Waals surface area contributed by atoms with Crippen LogP contribution in [0.1, 0.15) is 11.3 Å². The third kappa shape index (κ3) is 3.32. The molecule has 0 saturated carbocycles. The topological polar surface area (TPSA) is 103 Å². The molecule has 3 rings (SSSR count). The highest BCUT2D eigenvalue weighted by atomic mass is 14.9. The Hall–Kier alpha value is -3.28. The fourth-order valence-electron chi connectivity index (χ4n) is 2.20. The summed E-state index contributed by atoms with van der Waals surface area (Å²) >= 11 is 0. The lowest BCUT2D eigenvalue weighted by Gasteiger charge is -2.05. The molecule has 114 valence electrons. The maximum absolute atomic E-state index is 5.90. The van der Waals surface area contributed by atoms with Crippen molar-refractivity contribution in [3.63, 3.8) is 0 Å². The molecule has 0 amide bonds. The number of nitrogen functional groups attached to an aromatic ring is 1. The number of aliphatic imine (C=N–C) groups is 1. The molecule has 0 saturated heterocycles. The van der Waals surface area contributed by atoms with Gasteiger partial charge in [-0.25, -0.2) is 9.97 Å². The Balaban J connectivity index is 1.85. The summed E-state index contributed by atoms with van der Waals surface area (Å²) in [6.45, 7) is 0.497. The van der Waals surface area contributed by atoms with E-state index in [0.717, 1.165) is 27.7 Å². The number of nitrogens with zero attached hydrogens (tertiary/aromatic N) is 4. The minimum Gasteiger partial charge on any atom is -0.404 e. The summed E-state index contributed by atoms with van der Waals surface area (Å²) in [4.78, 5) is 16.8. The van der Waals surface area contributed by atoms with Crippen LogP contribution in [-0.2, 0) is 6.54 Å². The SMILES string of the molecule is NC=C(C=NCc1ccccn1)c1ccc2ncnc(N)c2c1. The molecular weight excluding hydrogens is 288 g/mol. The van der Waals surface area contributed by atoms with E-state index in [0.29, 0.717) is 12.4 Å². The van der Waals surface area contributed by atoms with E-state index < -0.39 is 0 Å². The fourth-order valence-corrected chi connectivity index (χ4v) is 2.20. The second-order valence-electron chi connectivity index (χ2n) is 4.90. The molecule has 6 heteroatoms. The summed E-state index contributed by atoms with van der Waals surface area (Å²) in [6.07, 6.45) is 6.45. The van der Waals surface area contributed by atoms with Crippen LogP contribution in [0.3, 0.4) is 0 Å². The largest absolute Gasteiger partial charge is 0.404 e. The molecular formula is C17H16N6. The van der Waals surface area contributed by atoms with Gasteiger partial charge in [0.2, 0.25) is 0 Å². The zero-order valence-corrected chi connectivity index (χ0v) is 12.4. The third-order valence-corrected chi connectivity index (χ3v) is 3.39. The average molecular weight is 304 g/mol. The molecule has 23 heavy (non-hydrogen) atoms. The standard InChI is InChI=1S/C17H16N6/c18-8-13(9-20-10-14-3-1-2-6-21-14)12-4-5-16-15(7-12)17(19)23-11-22-16/h1-9,11H,10,18H2,(H2,19,22,23). The average Bonchev–Trinajstić information content (AvgIpc) is 2.60. The Labute approximate surface area is 133 Å². The molecule has 0 aliphatic carbocycles. The van der Waals surface area contributed by atoms with Crippen LogP contribution in [0.2, 0.25) is 0 Å². The van der Waals surface area contributed by atoms with Crippen LogP contribution >= 0.6 is 0 Å². The number of aromatic nitrogens is 3. The molecule has 6 nitrogen and oxygen atoms in total. The lowest BCUT2D eigenvalue weighted by molar-refractivity contribution is 0.997. The minimum absolute atomic E-state index is 0.443. The summed E-state index contributed by atoms with van der Waals surface area (Å²) in [6, 6.07) is 11.5. The Bertz CT molecular complexity index is 871. The van der Waals surface area contributed by atoms with Gasteiger partial charge in [0.05, 0.1) is 17.8 Å². The van der Waals surface area contributed by atoms with Crippen molar-refractivity contribution in [2.24, 2.45) is 10.7 Å². The first-order valence-electron chi connectivity index (χ1n) is 7.10. The summed E-state index contributed by atoms with van der Waals surface area (Å²) in [5, 5.41) is 0.794. The molecule has 4 N–H and O–H groups in total. The molecule has 0 spiro atoms. The first-order valence-corrected chi connectivity index (χ1v) is 7.10. The number of allylic oxidation sites excluding steroid dienone is 1. The van der Waals surface area contributed by atoms with Gasteiger partial charge in [-0.15, -0.1) is 0 Å². The number of hydrogen-bond donors (Lipinski definition) is 2. The monoisotopic (exact) mass is 304 g/mol. The number of anilines is 1. The smallest absolute Gasteiger partial charge is 0.134 e. The zero-order chi connectivity index (χ0) is 16.1. The Morgan fingerprint density at radius 3 is 2.83 bits per heavy atom. The third-order valence-electron chi connectivity index (χ3n) is 3.39. The fraction of sp³-hybridized carbons (Fsp3) is 0.0588. The lowest BCUT2D eigenvalue weighted by Crippen LogP contribution is -1.96. The molecule has 3 aromatic rings. The minimum atomic E-state index is 0.443.